The lowest BCUT2D eigenvalue weighted by atomic mass is 10.1. The largest absolute Gasteiger partial charge is 0.360 e. The van der Waals surface area contributed by atoms with Crippen LogP contribution in [0.4, 0.5) is 5.69 Å². The summed E-state index contributed by atoms with van der Waals surface area (Å²) >= 11 is 7.18. The monoisotopic (exact) mass is 318 g/mol. The molecule has 0 saturated heterocycles. The second-order valence-electron chi connectivity index (χ2n) is 4.58. The number of Topliss-reactive ketones (excluding diaryl/α,β-unsaturated/α-hetero) is 1. The normalized spacial score (nSPS) is 11.7. The molecule has 21 heavy (non-hydrogen) atoms. The van der Waals surface area contributed by atoms with Crippen LogP contribution in [-0.4, -0.2) is 18.4 Å². The summed E-state index contributed by atoms with van der Waals surface area (Å²) in [6, 6.07) is 14.9. The third-order valence-corrected chi connectivity index (χ3v) is 4.46. The van der Waals surface area contributed by atoms with Crippen molar-refractivity contribution in [3.63, 3.8) is 0 Å². The molecule has 2 aromatic rings. The van der Waals surface area contributed by atoms with Crippen molar-refractivity contribution in [3.8, 4) is 6.07 Å². The summed E-state index contributed by atoms with van der Waals surface area (Å²) in [4.78, 5) is 15.2. The van der Waals surface area contributed by atoms with Gasteiger partial charge in [0.05, 0.1) is 27.7 Å². The van der Waals surface area contributed by atoms with Gasteiger partial charge in [0.2, 0.25) is 0 Å². The summed E-state index contributed by atoms with van der Waals surface area (Å²) in [7, 11) is 0. The molecule has 1 heterocycles. The first kappa shape index (κ1) is 15.6. The number of anilines is 1. The van der Waals surface area contributed by atoms with Gasteiger partial charge < -0.3 is 4.90 Å². The average molecular weight is 319 g/mol. The molecule has 3 nitrogen and oxygen atoms in total. The minimum absolute atomic E-state index is 0.0219. The van der Waals surface area contributed by atoms with E-state index in [1.807, 2.05) is 42.2 Å². The van der Waals surface area contributed by atoms with Crippen molar-refractivity contribution in [1.82, 2.24) is 0 Å². The number of para-hydroxylation sites is 1. The Labute approximate surface area is 133 Å². The van der Waals surface area contributed by atoms with Gasteiger partial charge in [0.25, 0.3) is 0 Å². The van der Waals surface area contributed by atoms with Crippen LogP contribution in [0.15, 0.2) is 42.5 Å². The van der Waals surface area contributed by atoms with E-state index in [1.54, 1.807) is 12.1 Å². The Morgan fingerprint density at radius 3 is 2.62 bits per heavy atom. The van der Waals surface area contributed by atoms with Gasteiger partial charge in [0.15, 0.2) is 5.78 Å². The van der Waals surface area contributed by atoms with Crippen molar-refractivity contribution in [2.45, 2.75) is 19.4 Å². The van der Waals surface area contributed by atoms with Gasteiger partial charge in [-0.05, 0) is 31.2 Å². The Balaban J connectivity index is 2.24. The zero-order valence-corrected chi connectivity index (χ0v) is 13.2. The topological polar surface area (TPSA) is 44.1 Å². The van der Waals surface area contributed by atoms with Crippen molar-refractivity contribution < 1.29 is 4.79 Å². The molecule has 2 rings (SSSR count). The highest BCUT2D eigenvalue weighted by atomic mass is 35.5. The summed E-state index contributed by atoms with van der Waals surface area (Å²) < 4.78 is 0.605. The maximum atomic E-state index is 12.6. The summed E-state index contributed by atoms with van der Waals surface area (Å²) in [5.74, 6) is 0.0219. The number of ketones is 1. The van der Waals surface area contributed by atoms with E-state index in [4.69, 9.17) is 16.9 Å². The van der Waals surface area contributed by atoms with Gasteiger partial charge in [-0.1, -0.05) is 29.8 Å². The standard InChI is InChI=1S/C16H15ClN2OS/c1-12(16(20)14-8-9-15(17)21-14)19(11-5-10-18)13-6-3-2-4-7-13/h2-4,6-9,12H,5,11H2,1H3. The lowest BCUT2D eigenvalue weighted by Gasteiger charge is -2.29. The second kappa shape index (κ2) is 7.26. The highest BCUT2D eigenvalue weighted by Crippen LogP contribution is 2.25. The Bertz CT molecular complexity index is 648. The number of thiophene rings is 1. The number of nitrogens with zero attached hydrogens (tertiary/aromatic N) is 2. The molecule has 0 aliphatic carbocycles. The maximum absolute atomic E-state index is 12.6. The van der Waals surface area contributed by atoms with E-state index in [1.165, 1.54) is 11.3 Å². The molecule has 1 aromatic carbocycles. The molecular formula is C16H15ClN2OS. The molecule has 0 bridgehead atoms. The lowest BCUT2D eigenvalue weighted by Crippen LogP contribution is -2.39. The zero-order chi connectivity index (χ0) is 15.2. The molecule has 1 atom stereocenters. The summed E-state index contributed by atoms with van der Waals surface area (Å²) in [6.45, 7) is 2.38. The number of carbonyl (C=O) groups excluding carboxylic acids is 1. The minimum Gasteiger partial charge on any atom is -0.360 e. The van der Waals surface area contributed by atoms with Gasteiger partial charge in [-0.25, -0.2) is 0 Å². The van der Waals surface area contributed by atoms with Crippen LogP contribution in [0.25, 0.3) is 0 Å². The number of nitriles is 1. The van der Waals surface area contributed by atoms with Crippen molar-refractivity contribution in [2.24, 2.45) is 0 Å². The van der Waals surface area contributed by atoms with Gasteiger partial charge in [-0.15, -0.1) is 11.3 Å². The second-order valence-corrected chi connectivity index (χ2v) is 6.30. The van der Waals surface area contributed by atoms with E-state index in [-0.39, 0.29) is 11.8 Å². The van der Waals surface area contributed by atoms with Gasteiger partial charge in [-0.3, -0.25) is 4.79 Å². The van der Waals surface area contributed by atoms with E-state index in [2.05, 4.69) is 6.07 Å². The van der Waals surface area contributed by atoms with E-state index >= 15 is 0 Å². The molecule has 0 N–H and O–H groups in total. The van der Waals surface area contributed by atoms with Crippen molar-refractivity contribution in [3.05, 3.63) is 51.7 Å². The highest BCUT2D eigenvalue weighted by Gasteiger charge is 2.23. The summed E-state index contributed by atoms with van der Waals surface area (Å²) in [6.07, 6.45) is 0.373. The number of rotatable bonds is 6. The van der Waals surface area contributed by atoms with Crippen LogP contribution < -0.4 is 4.90 Å². The van der Waals surface area contributed by atoms with Crippen LogP contribution in [-0.2, 0) is 0 Å². The molecular weight excluding hydrogens is 304 g/mol. The number of benzene rings is 1. The average Bonchev–Trinajstić information content (AvgIpc) is 2.94. The first-order valence-corrected chi connectivity index (χ1v) is 7.81. The SMILES string of the molecule is CC(C(=O)c1ccc(Cl)s1)N(CCC#N)c1ccccc1. The fourth-order valence-corrected chi connectivity index (χ4v) is 3.20. The number of hydrogen-bond donors (Lipinski definition) is 0. The highest BCUT2D eigenvalue weighted by molar-refractivity contribution is 7.18. The Kier molecular flexibility index (Phi) is 5.38. The van der Waals surface area contributed by atoms with E-state index < -0.39 is 0 Å². The first-order chi connectivity index (χ1) is 10.1. The van der Waals surface area contributed by atoms with Crippen LogP contribution in [0.3, 0.4) is 0 Å². The van der Waals surface area contributed by atoms with Crippen molar-refractivity contribution in [1.29, 1.82) is 5.26 Å². The fraction of sp³-hybridized carbons (Fsp3) is 0.250. The summed E-state index contributed by atoms with van der Waals surface area (Å²) in [5, 5.41) is 8.83. The number of hydrogen-bond acceptors (Lipinski definition) is 4. The van der Waals surface area contributed by atoms with Gasteiger partial charge in [-0.2, -0.15) is 5.26 Å². The third kappa shape index (κ3) is 3.84. The van der Waals surface area contributed by atoms with Gasteiger partial charge >= 0.3 is 0 Å². The molecule has 1 aromatic heterocycles. The van der Waals surface area contributed by atoms with E-state index in [9.17, 15) is 4.79 Å². The fourth-order valence-electron chi connectivity index (χ4n) is 2.13. The molecule has 0 fully saturated rings. The Morgan fingerprint density at radius 1 is 1.33 bits per heavy atom. The molecule has 1 unspecified atom stereocenters. The molecule has 0 spiro atoms. The molecule has 0 saturated carbocycles. The molecule has 0 amide bonds. The number of carbonyl (C=O) groups is 1. The molecule has 5 heteroatoms. The van der Waals surface area contributed by atoms with Crippen LogP contribution in [0.5, 0.6) is 0 Å². The van der Waals surface area contributed by atoms with Crippen LogP contribution >= 0.6 is 22.9 Å². The predicted octanol–water partition coefficient (Wildman–Crippen LogP) is 4.39. The van der Waals surface area contributed by atoms with Crippen LogP contribution in [0.1, 0.15) is 23.0 Å². The van der Waals surface area contributed by atoms with Crippen LogP contribution in [0.2, 0.25) is 4.34 Å². The van der Waals surface area contributed by atoms with E-state index in [0.29, 0.717) is 22.2 Å². The first-order valence-electron chi connectivity index (χ1n) is 6.61. The quantitative estimate of drug-likeness (QED) is 0.742. The lowest BCUT2D eigenvalue weighted by molar-refractivity contribution is 0.0968. The van der Waals surface area contributed by atoms with Crippen molar-refractivity contribution in [2.75, 3.05) is 11.4 Å². The Morgan fingerprint density at radius 2 is 2.05 bits per heavy atom. The number of halogens is 1. The molecule has 108 valence electrons. The molecule has 0 radical (unpaired) electrons. The Hall–Kier alpha value is -1.83. The van der Waals surface area contributed by atoms with Crippen LogP contribution in [0, 0.1) is 11.3 Å². The maximum Gasteiger partial charge on any atom is 0.194 e. The smallest absolute Gasteiger partial charge is 0.194 e. The zero-order valence-electron chi connectivity index (χ0n) is 11.6. The van der Waals surface area contributed by atoms with Crippen molar-refractivity contribution >= 4 is 34.4 Å². The summed E-state index contributed by atoms with van der Waals surface area (Å²) in [5.41, 5.74) is 0.941. The van der Waals surface area contributed by atoms with Gasteiger partial charge in [0.1, 0.15) is 0 Å². The molecule has 0 aliphatic heterocycles. The molecule has 0 aliphatic rings. The third-order valence-electron chi connectivity index (χ3n) is 3.22. The van der Waals surface area contributed by atoms with Gasteiger partial charge in [0, 0.05) is 12.2 Å². The predicted molar refractivity (Wildman–Crippen MR) is 87.1 cm³/mol. The minimum atomic E-state index is -0.338. The van der Waals surface area contributed by atoms with E-state index in [0.717, 1.165) is 5.69 Å².